The van der Waals surface area contributed by atoms with Gasteiger partial charge in [0, 0.05) is 0 Å². The zero-order valence-corrected chi connectivity index (χ0v) is 10.5. The van der Waals surface area contributed by atoms with Crippen molar-refractivity contribution in [3.63, 3.8) is 0 Å². The van der Waals surface area contributed by atoms with Gasteiger partial charge in [0.05, 0.1) is 6.61 Å². The normalized spacial score (nSPS) is 19.4. The molecular formula is C11H18ClNO3. The molecular weight excluding hydrogens is 230 g/mol. The molecule has 1 unspecified atom stereocenters. The van der Waals surface area contributed by atoms with Crippen molar-refractivity contribution in [1.82, 2.24) is 5.32 Å². The van der Waals surface area contributed by atoms with Crippen LogP contribution in [0.3, 0.4) is 0 Å². The number of hydrogen-bond acceptors (Lipinski definition) is 3. The van der Waals surface area contributed by atoms with Gasteiger partial charge in [-0.25, -0.2) is 0 Å². The van der Waals surface area contributed by atoms with E-state index in [1.807, 2.05) is 0 Å². The van der Waals surface area contributed by atoms with Crippen molar-refractivity contribution in [2.75, 3.05) is 13.2 Å². The zero-order valence-electron chi connectivity index (χ0n) is 9.72. The van der Waals surface area contributed by atoms with E-state index in [4.69, 9.17) is 16.3 Å². The second-order valence-electron chi connectivity index (χ2n) is 4.19. The van der Waals surface area contributed by atoms with Gasteiger partial charge < -0.3 is 10.1 Å². The molecule has 4 nitrogen and oxygen atoms in total. The molecule has 1 atom stereocenters. The molecule has 0 heterocycles. The van der Waals surface area contributed by atoms with Crippen LogP contribution in [0.2, 0.25) is 0 Å². The van der Waals surface area contributed by atoms with E-state index in [9.17, 15) is 9.59 Å². The molecule has 0 aromatic heterocycles. The molecule has 1 aliphatic rings. The minimum atomic E-state index is -0.898. The number of carbonyl (C=O) groups excluding carboxylic acids is 2. The lowest BCUT2D eigenvalue weighted by Crippen LogP contribution is -2.49. The van der Waals surface area contributed by atoms with E-state index in [1.54, 1.807) is 13.8 Å². The fraction of sp³-hybridized carbons (Fsp3) is 0.818. The van der Waals surface area contributed by atoms with E-state index in [2.05, 4.69) is 5.32 Å². The van der Waals surface area contributed by atoms with Crippen LogP contribution in [0.5, 0.6) is 0 Å². The molecule has 0 aliphatic heterocycles. The van der Waals surface area contributed by atoms with E-state index in [-0.39, 0.29) is 18.4 Å². The first-order valence-electron chi connectivity index (χ1n) is 5.61. The van der Waals surface area contributed by atoms with Gasteiger partial charge in [-0.15, -0.1) is 11.6 Å². The third-order valence-electron chi connectivity index (χ3n) is 3.01. The van der Waals surface area contributed by atoms with E-state index >= 15 is 0 Å². The molecule has 5 heteroatoms. The number of alkyl halides is 1. The Morgan fingerprint density at radius 1 is 1.50 bits per heavy atom. The van der Waals surface area contributed by atoms with Gasteiger partial charge >= 0.3 is 5.97 Å². The first-order chi connectivity index (χ1) is 7.48. The molecule has 0 saturated heterocycles. The van der Waals surface area contributed by atoms with Crippen LogP contribution in [0.1, 0.15) is 33.1 Å². The standard InChI is InChI=1S/C11H18ClNO3/c1-3-16-9(14)7-13-10(15)11(2,12)8-5-4-6-8/h8H,3-7H2,1-2H3,(H,13,15). The summed E-state index contributed by atoms with van der Waals surface area (Å²) in [6.45, 7) is 3.63. The highest BCUT2D eigenvalue weighted by atomic mass is 35.5. The molecule has 1 rings (SSSR count). The summed E-state index contributed by atoms with van der Waals surface area (Å²) in [5, 5.41) is 2.51. The quantitative estimate of drug-likeness (QED) is 0.591. The van der Waals surface area contributed by atoms with Crippen molar-refractivity contribution in [2.45, 2.75) is 38.0 Å². The minimum absolute atomic E-state index is 0.109. The lowest BCUT2D eigenvalue weighted by molar-refractivity contribution is -0.143. The Labute approximate surface area is 101 Å². The van der Waals surface area contributed by atoms with Crippen LogP contribution in [0.4, 0.5) is 0 Å². The van der Waals surface area contributed by atoms with Crippen molar-refractivity contribution < 1.29 is 14.3 Å². The number of amides is 1. The molecule has 0 spiro atoms. The maximum atomic E-state index is 11.8. The third-order valence-corrected chi connectivity index (χ3v) is 3.49. The molecule has 1 fully saturated rings. The smallest absolute Gasteiger partial charge is 0.325 e. The highest BCUT2D eigenvalue weighted by molar-refractivity contribution is 6.35. The number of carbonyl (C=O) groups is 2. The molecule has 1 N–H and O–H groups in total. The number of hydrogen-bond donors (Lipinski definition) is 1. The lowest BCUT2D eigenvalue weighted by Gasteiger charge is -2.36. The first kappa shape index (κ1) is 13.3. The average Bonchev–Trinajstić information content (AvgIpc) is 2.11. The van der Waals surface area contributed by atoms with Crippen LogP contribution in [0.25, 0.3) is 0 Å². The van der Waals surface area contributed by atoms with Crippen LogP contribution in [0.15, 0.2) is 0 Å². The molecule has 16 heavy (non-hydrogen) atoms. The second kappa shape index (κ2) is 5.53. The monoisotopic (exact) mass is 247 g/mol. The van der Waals surface area contributed by atoms with Crippen molar-refractivity contribution >= 4 is 23.5 Å². The van der Waals surface area contributed by atoms with Gasteiger partial charge in [0.2, 0.25) is 5.91 Å². The molecule has 0 bridgehead atoms. The predicted octanol–water partition coefficient (Wildman–Crippen LogP) is 1.46. The number of ether oxygens (including phenoxy) is 1. The predicted molar refractivity (Wildman–Crippen MR) is 61.2 cm³/mol. The Kier molecular flexibility index (Phi) is 4.59. The van der Waals surface area contributed by atoms with E-state index in [0.29, 0.717) is 6.61 Å². The van der Waals surface area contributed by atoms with E-state index in [0.717, 1.165) is 19.3 Å². The Bertz CT molecular complexity index is 274. The van der Waals surface area contributed by atoms with E-state index in [1.165, 1.54) is 0 Å². The zero-order chi connectivity index (χ0) is 12.2. The van der Waals surface area contributed by atoms with Gasteiger partial charge in [-0.2, -0.15) is 0 Å². The van der Waals surface area contributed by atoms with Gasteiger partial charge in [-0.05, 0) is 32.6 Å². The topological polar surface area (TPSA) is 55.4 Å². The number of nitrogens with one attached hydrogen (secondary N) is 1. The summed E-state index contributed by atoms with van der Waals surface area (Å²) >= 11 is 6.18. The molecule has 1 amide bonds. The fourth-order valence-electron chi connectivity index (χ4n) is 1.67. The largest absolute Gasteiger partial charge is 0.465 e. The molecule has 0 radical (unpaired) electrons. The highest BCUT2D eigenvalue weighted by Gasteiger charge is 2.42. The van der Waals surface area contributed by atoms with Gasteiger partial charge in [0.15, 0.2) is 0 Å². The van der Waals surface area contributed by atoms with Crippen LogP contribution < -0.4 is 5.32 Å². The molecule has 1 aliphatic carbocycles. The van der Waals surface area contributed by atoms with Crippen molar-refractivity contribution in [2.24, 2.45) is 5.92 Å². The minimum Gasteiger partial charge on any atom is -0.465 e. The van der Waals surface area contributed by atoms with Gasteiger partial charge in [0.25, 0.3) is 0 Å². The Morgan fingerprint density at radius 2 is 2.12 bits per heavy atom. The molecule has 0 aromatic carbocycles. The Balaban J connectivity index is 2.36. The van der Waals surface area contributed by atoms with Gasteiger partial charge in [-0.3, -0.25) is 9.59 Å². The molecule has 0 aromatic rings. The summed E-state index contributed by atoms with van der Waals surface area (Å²) in [5.74, 6) is -0.500. The first-order valence-corrected chi connectivity index (χ1v) is 5.99. The molecule has 92 valence electrons. The van der Waals surface area contributed by atoms with Crippen LogP contribution in [-0.2, 0) is 14.3 Å². The van der Waals surface area contributed by atoms with Crippen molar-refractivity contribution in [3.05, 3.63) is 0 Å². The SMILES string of the molecule is CCOC(=O)CNC(=O)C(C)(Cl)C1CCC1. The van der Waals surface area contributed by atoms with E-state index < -0.39 is 10.8 Å². The van der Waals surface area contributed by atoms with Gasteiger partial charge in [-0.1, -0.05) is 6.42 Å². The second-order valence-corrected chi connectivity index (χ2v) is 4.98. The van der Waals surface area contributed by atoms with Crippen LogP contribution in [-0.4, -0.2) is 29.9 Å². The maximum Gasteiger partial charge on any atom is 0.325 e. The fourth-order valence-corrected chi connectivity index (χ4v) is 1.96. The van der Waals surface area contributed by atoms with Crippen LogP contribution >= 0.6 is 11.6 Å². The number of rotatable bonds is 5. The Morgan fingerprint density at radius 3 is 2.56 bits per heavy atom. The number of halogens is 1. The highest BCUT2D eigenvalue weighted by Crippen LogP contribution is 2.40. The average molecular weight is 248 g/mol. The summed E-state index contributed by atoms with van der Waals surface area (Å²) < 4.78 is 4.71. The van der Waals surface area contributed by atoms with Crippen molar-refractivity contribution in [3.8, 4) is 0 Å². The summed E-state index contributed by atoms with van der Waals surface area (Å²) in [6, 6.07) is 0. The third kappa shape index (κ3) is 3.11. The summed E-state index contributed by atoms with van der Waals surface area (Å²) in [5.41, 5.74) is 0. The Hall–Kier alpha value is -0.770. The van der Waals surface area contributed by atoms with Crippen LogP contribution in [0, 0.1) is 5.92 Å². The van der Waals surface area contributed by atoms with Crippen molar-refractivity contribution in [1.29, 1.82) is 0 Å². The lowest BCUT2D eigenvalue weighted by atomic mass is 9.75. The molecule has 1 saturated carbocycles. The maximum absolute atomic E-state index is 11.8. The number of esters is 1. The van der Waals surface area contributed by atoms with Gasteiger partial charge in [0.1, 0.15) is 11.4 Å². The summed E-state index contributed by atoms with van der Waals surface area (Å²) in [6.07, 6.45) is 3.08. The summed E-state index contributed by atoms with van der Waals surface area (Å²) in [4.78, 5) is 21.9. The summed E-state index contributed by atoms with van der Waals surface area (Å²) in [7, 11) is 0.